The number of aryl methyl sites for hydroxylation is 1. The summed E-state index contributed by atoms with van der Waals surface area (Å²) in [6, 6.07) is 12.1. The summed E-state index contributed by atoms with van der Waals surface area (Å²) in [6.07, 6.45) is 5.09. The van der Waals surface area contributed by atoms with Crippen LogP contribution in [0, 0.1) is 36.5 Å². The molecule has 0 spiro atoms. The number of hydrogen-bond acceptors (Lipinski definition) is 6. The lowest BCUT2D eigenvalue weighted by atomic mass is 9.85. The van der Waals surface area contributed by atoms with Crippen LogP contribution >= 0.6 is 0 Å². The highest BCUT2D eigenvalue weighted by molar-refractivity contribution is 6.23. The Morgan fingerprint density at radius 1 is 0.946 bits per heavy atom. The van der Waals surface area contributed by atoms with Gasteiger partial charge in [0, 0.05) is 18.7 Å². The van der Waals surface area contributed by atoms with Gasteiger partial charge < -0.3 is 14.4 Å². The van der Waals surface area contributed by atoms with Crippen LogP contribution in [0.25, 0.3) is 0 Å². The number of carbonyl (C=O) groups is 4. The van der Waals surface area contributed by atoms with Crippen molar-refractivity contribution in [1.29, 1.82) is 0 Å². The minimum Gasteiger partial charge on any atom is -0.494 e. The van der Waals surface area contributed by atoms with Gasteiger partial charge in [0.1, 0.15) is 11.5 Å². The summed E-state index contributed by atoms with van der Waals surface area (Å²) in [5.74, 6) is -0.703. The van der Waals surface area contributed by atoms with Gasteiger partial charge in [0.05, 0.1) is 30.0 Å². The Hall–Kier alpha value is -3.94. The second-order valence-corrected chi connectivity index (χ2v) is 10.2. The first-order valence-corrected chi connectivity index (χ1v) is 12.8. The lowest BCUT2D eigenvalue weighted by Gasteiger charge is -2.20. The SMILES string of the molecule is CCOc1ccc(N2C[C@H](C(=O)Oc3ccc(N4C(=O)[C@H]5[C@H](C4=O)[C@H]4C=C[C@H]5C4)c(C)c3)CC2=O)cc1. The minimum atomic E-state index is -0.594. The van der Waals surface area contributed by atoms with Gasteiger partial charge in [-0.25, -0.2) is 4.90 Å². The molecule has 190 valence electrons. The van der Waals surface area contributed by atoms with Crippen molar-refractivity contribution in [3.63, 3.8) is 0 Å². The summed E-state index contributed by atoms with van der Waals surface area (Å²) in [5.41, 5.74) is 1.91. The van der Waals surface area contributed by atoms with Crippen LogP contribution in [-0.4, -0.2) is 36.8 Å². The molecular formula is C29H28N2O6. The highest BCUT2D eigenvalue weighted by Gasteiger charge is 2.59. The van der Waals surface area contributed by atoms with E-state index in [1.807, 2.05) is 6.92 Å². The number of allylic oxidation sites excluding steroid dienone is 2. The lowest BCUT2D eigenvalue weighted by Crippen LogP contribution is -2.33. The number of ether oxygens (including phenoxy) is 2. The fourth-order valence-corrected chi connectivity index (χ4v) is 6.29. The largest absolute Gasteiger partial charge is 0.494 e. The average Bonchev–Trinajstić information content (AvgIpc) is 3.64. The first-order chi connectivity index (χ1) is 17.9. The van der Waals surface area contributed by atoms with Crippen molar-refractivity contribution in [1.82, 2.24) is 0 Å². The molecule has 0 N–H and O–H groups in total. The van der Waals surface area contributed by atoms with Gasteiger partial charge in [0.15, 0.2) is 0 Å². The van der Waals surface area contributed by atoms with Crippen molar-refractivity contribution in [3.05, 3.63) is 60.2 Å². The van der Waals surface area contributed by atoms with E-state index in [4.69, 9.17) is 9.47 Å². The maximum absolute atomic E-state index is 13.1. The summed E-state index contributed by atoms with van der Waals surface area (Å²) in [4.78, 5) is 54.7. The Labute approximate surface area is 214 Å². The first kappa shape index (κ1) is 23.5. The topological polar surface area (TPSA) is 93.2 Å². The maximum atomic E-state index is 13.1. The molecule has 2 bridgehead atoms. The van der Waals surface area contributed by atoms with Gasteiger partial charge in [0.2, 0.25) is 17.7 Å². The molecule has 2 aromatic carbocycles. The quantitative estimate of drug-likeness (QED) is 0.260. The lowest BCUT2D eigenvalue weighted by molar-refractivity contribution is -0.139. The van der Waals surface area contributed by atoms with E-state index in [2.05, 4.69) is 12.2 Å². The molecule has 2 saturated heterocycles. The third-order valence-electron chi connectivity index (χ3n) is 8.02. The van der Waals surface area contributed by atoms with Crippen molar-refractivity contribution < 1.29 is 28.7 Å². The molecule has 3 amide bonds. The molecule has 0 radical (unpaired) electrons. The normalized spacial score (nSPS) is 27.8. The number of anilines is 2. The molecule has 1 saturated carbocycles. The molecule has 2 aromatic rings. The fourth-order valence-electron chi connectivity index (χ4n) is 6.29. The number of esters is 1. The molecule has 8 nitrogen and oxygen atoms in total. The summed E-state index contributed by atoms with van der Waals surface area (Å²) < 4.78 is 11.1. The van der Waals surface area contributed by atoms with E-state index >= 15 is 0 Å². The Morgan fingerprint density at radius 3 is 2.22 bits per heavy atom. The molecule has 2 aliphatic heterocycles. The monoisotopic (exact) mass is 500 g/mol. The molecule has 3 fully saturated rings. The number of rotatable bonds is 6. The summed E-state index contributed by atoms with van der Waals surface area (Å²) in [7, 11) is 0. The van der Waals surface area contributed by atoms with Gasteiger partial charge in [-0.1, -0.05) is 12.2 Å². The summed E-state index contributed by atoms with van der Waals surface area (Å²) >= 11 is 0. The fraction of sp³-hybridized carbons (Fsp3) is 0.379. The Bertz CT molecular complexity index is 1300. The Morgan fingerprint density at radius 2 is 1.59 bits per heavy atom. The number of nitrogens with zero attached hydrogens (tertiary/aromatic N) is 2. The van der Waals surface area contributed by atoms with Gasteiger partial charge in [-0.05, 0) is 80.1 Å². The molecule has 4 aliphatic rings. The van der Waals surface area contributed by atoms with E-state index in [1.54, 1.807) is 54.3 Å². The van der Waals surface area contributed by atoms with E-state index in [0.29, 0.717) is 29.3 Å². The van der Waals surface area contributed by atoms with Gasteiger partial charge in [0.25, 0.3) is 0 Å². The zero-order valence-corrected chi connectivity index (χ0v) is 20.8. The standard InChI is InChI=1S/C29H28N2O6/c1-3-36-21-8-6-20(7-9-21)30-15-19(14-24(30)32)29(35)37-22-10-11-23(16(2)12-22)31-27(33)25-17-4-5-18(13-17)26(25)28(31)34/h4-12,17-19,25-26H,3,13-15H2,1-2H3/t17-,18-,19+,25+,26+/m0/s1. The number of hydrogen-bond donors (Lipinski definition) is 0. The number of imide groups is 1. The average molecular weight is 501 g/mol. The molecule has 2 aliphatic carbocycles. The second kappa shape index (κ2) is 8.87. The van der Waals surface area contributed by atoms with Crippen LogP contribution in [0.3, 0.4) is 0 Å². The molecule has 0 aromatic heterocycles. The second-order valence-electron chi connectivity index (χ2n) is 10.2. The first-order valence-electron chi connectivity index (χ1n) is 12.8. The van der Waals surface area contributed by atoms with E-state index in [1.165, 1.54) is 4.90 Å². The molecule has 8 heteroatoms. The van der Waals surface area contributed by atoms with E-state index in [9.17, 15) is 19.2 Å². The zero-order valence-electron chi connectivity index (χ0n) is 20.8. The number of fused-ring (bicyclic) bond motifs is 5. The van der Waals surface area contributed by atoms with Crippen molar-refractivity contribution in [2.45, 2.75) is 26.7 Å². The Balaban J connectivity index is 1.13. The molecule has 0 unspecified atom stereocenters. The van der Waals surface area contributed by atoms with Crippen molar-refractivity contribution in [2.24, 2.45) is 29.6 Å². The van der Waals surface area contributed by atoms with Gasteiger partial charge in [-0.2, -0.15) is 0 Å². The van der Waals surface area contributed by atoms with Gasteiger partial charge >= 0.3 is 5.97 Å². The van der Waals surface area contributed by atoms with E-state index in [-0.39, 0.29) is 54.4 Å². The van der Waals surface area contributed by atoms with Gasteiger partial charge in [-0.3, -0.25) is 19.2 Å². The van der Waals surface area contributed by atoms with E-state index < -0.39 is 11.9 Å². The third kappa shape index (κ3) is 3.82. The van der Waals surface area contributed by atoms with Crippen LogP contribution in [-0.2, 0) is 19.2 Å². The molecule has 37 heavy (non-hydrogen) atoms. The molecule has 5 atom stereocenters. The van der Waals surface area contributed by atoms with Crippen LogP contribution in [0.15, 0.2) is 54.6 Å². The van der Waals surface area contributed by atoms with Crippen molar-refractivity contribution in [2.75, 3.05) is 23.0 Å². The smallest absolute Gasteiger partial charge is 0.316 e. The predicted octanol–water partition coefficient (Wildman–Crippen LogP) is 3.66. The van der Waals surface area contributed by atoms with Gasteiger partial charge in [-0.15, -0.1) is 0 Å². The molecule has 6 rings (SSSR count). The zero-order chi connectivity index (χ0) is 25.8. The van der Waals surface area contributed by atoms with Crippen LogP contribution < -0.4 is 19.3 Å². The van der Waals surface area contributed by atoms with Crippen LogP contribution in [0.1, 0.15) is 25.3 Å². The third-order valence-corrected chi connectivity index (χ3v) is 8.02. The highest BCUT2D eigenvalue weighted by atomic mass is 16.5. The Kier molecular flexibility index (Phi) is 5.62. The number of carbonyl (C=O) groups excluding carboxylic acids is 4. The molecule has 2 heterocycles. The maximum Gasteiger partial charge on any atom is 0.316 e. The van der Waals surface area contributed by atoms with Crippen molar-refractivity contribution in [3.8, 4) is 11.5 Å². The predicted molar refractivity (Wildman–Crippen MR) is 135 cm³/mol. The van der Waals surface area contributed by atoms with Crippen LogP contribution in [0.2, 0.25) is 0 Å². The minimum absolute atomic E-state index is 0.0685. The summed E-state index contributed by atoms with van der Waals surface area (Å²) in [6.45, 7) is 4.49. The highest BCUT2D eigenvalue weighted by Crippen LogP contribution is 2.53. The van der Waals surface area contributed by atoms with Crippen LogP contribution in [0.5, 0.6) is 11.5 Å². The molecular weight excluding hydrogens is 472 g/mol. The van der Waals surface area contributed by atoms with Crippen molar-refractivity contribution >= 4 is 35.1 Å². The van der Waals surface area contributed by atoms with E-state index in [0.717, 1.165) is 12.2 Å². The number of amides is 3. The number of benzene rings is 2. The van der Waals surface area contributed by atoms with Crippen LogP contribution in [0.4, 0.5) is 11.4 Å². The summed E-state index contributed by atoms with van der Waals surface area (Å²) in [5, 5.41) is 0.